The maximum Gasteiger partial charge on any atom is 0.274 e. The van der Waals surface area contributed by atoms with Gasteiger partial charge in [0, 0.05) is 43.8 Å². The molecule has 0 radical (unpaired) electrons. The number of nitrogens with zero attached hydrogens (tertiary/aromatic N) is 4. The predicted molar refractivity (Wildman–Crippen MR) is 112 cm³/mol. The van der Waals surface area contributed by atoms with Crippen LogP contribution >= 0.6 is 0 Å². The number of rotatable bonds is 3. The Labute approximate surface area is 175 Å². The Morgan fingerprint density at radius 2 is 1.87 bits per heavy atom. The molecule has 0 unspecified atom stereocenters. The highest BCUT2D eigenvalue weighted by Crippen LogP contribution is 2.34. The molecule has 5 rings (SSSR count). The van der Waals surface area contributed by atoms with Crippen molar-refractivity contribution in [2.75, 3.05) is 31.2 Å². The lowest BCUT2D eigenvalue weighted by molar-refractivity contribution is 0.159. The first-order valence-electron chi connectivity index (χ1n) is 10.6. The molecule has 0 bridgehead atoms. The third kappa shape index (κ3) is 3.53. The highest BCUT2D eigenvalue weighted by atomic mass is 16.6. The van der Waals surface area contributed by atoms with Gasteiger partial charge < -0.3 is 19.1 Å². The van der Waals surface area contributed by atoms with Crippen LogP contribution in [0, 0.1) is 13.8 Å². The van der Waals surface area contributed by atoms with Crippen molar-refractivity contribution in [2.45, 2.75) is 32.8 Å². The van der Waals surface area contributed by atoms with Gasteiger partial charge in [-0.1, -0.05) is 0 Å². The molecule has 156 valence electrons. The highest BCUT2D eigenvalue weighted by Gasteiger charge is 2.24. The Morgan fingerprint density at radius 3 is 2.67 bits per heavy atom. The number of aromatic nitrogens is 3. The Bertz CT molecular complexity index is 1200. The van der Waals surface area contributed by atoms with Crippen LogP contribution in [0.5, 0.6) is 17.2 Å². The molecule has 0 saturated carbocycles. The number of hydrogen-bond donors (Lipinski definition) is 0. The van der Waals surface area contributed by atoms with E-state index in [0.717, 1.165) is 11.4 Å². The molecule has 30 heavy (non-hydrogen) atoms. The van der Waals surface area contributed by atoms with Gasteiger partial charge >= 0.3 is 0 Å². The maximum absolute atomic E-state index is 12.3. The fraction of sp³-hybridized carbons (Fsp3) is 0.409. The summed E-state index contributed by atoms with van der Waals surface area (Å²) in [6.45, 7) is 6.00. The van der Waals surface area contributed by atoms with E-state index >= 15 is 0 Å². The van der Waals surface area contributed by atoms with Gasteiger partial charge in [-0.2, -0.15) is 4.52 Å². The van der Waals surface area contributed by atoms with Crippen molar-refractivity contribution in [3.8, 4) is 17.2 Å². The number of anilines is 1. The van der Waals surface area contributed by atoms with Gasteiger partial charge in [-0.05, 0) is 37.6 Å². The van der Waals surface area contributed by atoms with E-state index in [1.54, 1.807) is 13.0 Å². The first-order valence-corrected chi connectivity index (χ1v) is 10.1. The van der Waals surface area contributed by atoms with Crippen LogP contribution in [-0.4, -0.2) is 47.0 Å². The zero-order valence-electron chi connectivity index (χ0n) is 18.1. The fourth-order valence-corrected chi connectivity index (χ4v) is 3.88. The standard InChI is InChI=1S/C22H24N4O4/c1-14-11-20-23-15(2)12-21(27)26(20)24-22(14)25-7-5-16(6-8-25)30-17-3-4-18-19(13-17)29-10-9-28-18/h3-4,11-13,16H,5-10H2,1-2H3/i16D. The average molecular weight is 409 g/mol. The summed E-state index contributed by atoms with van der Waals surface area (Å²) in [7, 11) is 0. The molecule has 8 nitrogen and oxygen atoms in total. The van der Waals surface area contributed by atoms with E-state index in [1.165, 1.54) is 10.6 Å². The van der Waals surface area contributed by atoms with Gasteiger partial charge in [-0.15, -0.1) is 5.10 Å². The van der Waals surface area contributed by atoms with E-state index in [9.17, 15) is 4.79 Å². The van der Waals surface area contributed by atoms with Crippen molar-refractivity contribution < 1.29 is 15.6 Å². The molecule has 3 aromatic rings. The quantitative estimate of drug-likeness (QED) is 0.658. The van der Waals surface area contributed by atoms with Crippen LogP contribution in [0.25, 0.3) is 5.65 Å². The summed E-state index contributed by atoms with van der Waals surface area (Å²) >= 11 is 0. The minimum atomic E-state index is -1.04. The van der Waals surface area contributed by atoms with Crippen LogP contribution in [0.2, 0.25) is 0 Å². The molecule has 0 N–H and O–H groups in total. The summed E-state index contributed by atoms with van der Waals surface area (Å²) in [5.41, 5.74) is 1.97. The van der Waals surface area contributed by atoms with Gasteiger partial charge in [0.2, 0.25) is 0 Å². The Hall–Kier alpha value is -3.29. The number of hydrogen-bond acceptors (Lipinski definition) is 7. The predicted octanol–water partition coefficient (Wildman–Crippen LogP) is 2.53. The summed E-state index contributed by atoms with van der Waals surface area (Å²) < 4.78 is 27.3. The second-order valence-corrected chi connectivity index (χ2v) is 7.59. The van der Waals surface area contributed by atoms with Crippen molar-refractivity contribution in [2.24, 2.45) is 0 Å². The molecule has 4 heterocycles. The van der Waals surface area contributed by atoms with E-state index in [0.29, 0.717) is 67.7 Å². The minimum absolute atomic E-state index is 0.197. The lowest BCUT2D eigenvalue weighted by atomic mass is 10.1. The van der Waals surface area contributed by atoms with Crippen LogP contribution in [0.3, 0.4) is 0 Å². The smallest absolute Gasteiger partial charge is 0.274 e. The molecule has 2 aromatic heterocycles. The van der Waals surface area contributed by atoms with Gasteiger partial charge in [0.1, 0.15) is 25.0 Å². The number of benzene rings is 1. The molecule has 0 aliphatic carbocycles. The average Bonchev–Trinajstić information content (AvgIpc) is 2.74. The van der Waals surface area contributed by atoms with E-state index in [4.69, 9.17) is 15.6 Å². The van der Waals surface area contributed by atoms with Crippen LogP contribution in [0.4, 0.5) is 5.82 Å². The van der Waals surface area contributed by atoms with Crippen molar-refractivity contribution in [3.63, 3.8) is 0 Å². The lowest BCUT2D eigenvalue weighted by Crippen LogP contribution is -2.39. The Morgan fingerprint density at radius 1 is 1.10 bits per heavy atom. The Balaban J connectivity index is 1.33. The van der Waals surface area contributed by atoms with Crippen molar-refractivity contribution in [1.29, 1.82) is 0 Å². The molecule has 2 aliphatic rings. The molecule has 1 fully saturated rings. The molecule has 8 heteroatoms. The van der Waals surface area contributed by atoms with E-state index in [-0.39, 0.29) is 5.56 Å². The summed E-state index contributed by atoms with van der Waals surface area (Å²) in [5, 5.41) is 4.55. The first-order chi connectivity index (χ1) is 14.9. The fourth-order valence-electron chi connectivity index (χ4n) is 3.88. The number of piperidine rings is 1. The van der Waals surface area contributed by atoms with E-state index in [1.807, 2.05) is 25.1 Å². The first kappa shape index (κ1) is 17.6. The van der Waals surface area contributed by atoms with Crippen LogP contribution < -0.4 is 24.7 Å². The normalized spacial score (nSPS) is 18.2. The zero-order valence-corrected chi connectivity index (χ0v) is 17.1. The summed E-state index contributed by atoms with van der Waals surface area (Å²) in [5.74, 6) is 2.68. The van der Waals surface area contributed by atoms with Gasteiger partial charge in [-0.25, -0.2) is 4.98 Å². The topological polar surface area (TPSA) is 78.2 Å². The third-order valence-corrected chi connectivity index (χ3v) is 5.34. The van der Waals surface area contributed by atoms with Crippen LogP contribution in [0.15, 0.2) is 35.1 Å². The SMILES string of the molecule is [2H]C1(Oc2ccc3c(c2)OCCO3)CCN(c2nn3c(=O)cc(C)nc3cc2C)CC1. The summed E-state index contributed by atoms with van der Waals surface area (Å²) in [6, 6.07) is 8.77. The second kappa shape index (κ2) is 7.51. The Kier molecular flexibility index (Phi) is 4.40. The molecule has 0 spiro atoms. The number of ether oxygens (including phenoxy) is 3. The van der Waals surface area contributed by atoms with E-state index < -0.39 is 6.08 Å². The minimum Gasteiger partial charge on any atom is -0.490 e. The van der Waals surface area contributed by atoms with Crippen molar-refractivity contribution in [3.05, 3.63) is 51.9 Å². The van der Waals surface area contributed by atoms with Gasteiger partial charge in [0.25, 0.3) is 5.56 Å². The summed E-state index contributed by atoms with van der Waals surface area (Å²) in [6.07, 6.45) is -0.0379. The van der Waals surface area contributed by atoms with Crippen molar-refractivity contribution in [1.82, 2.24) is 14.6 Å². The van der Waals surface area contributed by atoms with Gasteiger partial charge in [-0.3, -0.25) is 4.79 Å². The van der Waals surface area contributed by atoms with Crippen LogP contribution in [0.1, 0.15) is 25.5 Å². The lowest BCUT2D eigenvalue weighted by Gasteiger charge is -2.33. The number of fused-ring (bicyclic) bond motifs is 2. The zero-order chi connectivity index (χ0) is 21.6. The third-order valence-electron chi connectivity index (χ3n) is 5.34. The molecular weight excluding hydrogens is 384 g/mol. The second-order valence-electron chi connectivity index (χ2n) is 7.59. The highest BCUT2D eigenvalue weighted by molar-refractivity contribution is 5.53. The maximum atomic E-state index is 12.3. The van der Waals surface area contributed by atoms with E-state index in [2.05, 4.69) is 15.0 Å². The molecule has 1 aromatic carbocycles. The molecule has 0 amide bonds. The largest absolute Gasteiger partial charge is 0.490 e. The van der Waals surface area contributed by atoms with Gasteiger partial charge in [0.05, 0.1) is 1.37 Å². The van der Waals surface area contributed by atoms with Crippen LogP contribution in [-0.2, 0) is 0 Å². The van der Waals surface area contributed by atoms with Gasteiger partial charge in [0.15, 0.2) is 23.0 Å². The molecule has 1 saturated heterocycles. The molecular formula is C22H24N4O4. The molecule has 0 atom stereocenters. The summed E-state index contributed by atoms with van der Waals surface area (Å²) in [4.78, 5) is 18.8. The molecule has 2 aliphatic heterocycles. The number of aryl methyl sites for hydroxylation is 2. The monoisotopic (exact) mass is 409 g/mol. The van der Waals surface area contributed by atoms with Crippen molar-refractivity contribution >= 4 is 11.5 Å².